The number of hydrogen-bond donors (Lipinski definition) is 2. The smallest absolute Gasteiger partial charge is 0.255 e. The van der Waals surface area contributed by atoms with Crippen LogP contribution in [0.3, 0.4) is 0 Å². The molecule has 0 spiro atoms. The van der Waals surface area contributed by atoms with Crippen molar-refractivity contribution in [1.82, 2.24) is 14.5 Å². The summed E-state index contributed by atoms with van der Waals surface area (Å²) in [6.07, 6.45) is 2.43. The molecule has 212 valence electrons. The number of benzene rings is 3. The highest BCUT2D eigenvalue weighted by atomic mass is 32.2. The van der Waals surface area contributed by atoms with Crippen LogP contribution >= 0.6 is 0 Å². The first-order valence-corrected chi connectivity index (χ1v) is 15.4. The lowest BCUT2D eigenvalue weighted by Crippen LogP contribution is -2.58. The average Bonchev–Trinajstić information content (AvgIpc) is 3.35. The number of carbonyl (C=O) groups is 2. The number of amides is 2. The summed E-state index contributed by atoms with van der Waals surface area (Å²) in [5.74, 6) is -0.104. The number of aryl methyl sites for hydroxylation is 1. The number of anilines is 1. The number of nitrogens with zero attached hydrogens (tertiary/aromatic N) is 2. The number of nitrogens with one attached hydrogen (secondary N) is 2. The van der Waals surface area contributed by atoms with Crippen molar-refractivity contribution in [3.63, 3.8) is 0 Å². The van der Waals surface area contributed by atoms with Crippen molar-refractivity contribution >= 4 is 38.3 Å². The molecule has 2 saturated heterocycles. The van der Waals surface area contributed by atoms with E-state index in [1.54, 1.807) is 36.4 Å². The van der Waals surface area contributed by atoms with Crippen LogP contribution in [0.5, 0.6) is 0 Å². The first-order chi connectivity index (χ1) is 19.0. The summed E-state index contributed by atoms with van der Waals surface area (Å²) < 4.78 is 30.5. The lowest BCUT2D eigenvalue weighted by Gasteiger charge is -2.45. The zero-order valence-corrected chi connectivity index (χ0v) is 24.4. The predicted octanol–water partition coefficient (Wildman–Crippen LogP) is 4.40. The van der Waals surface area contributed by atoms with Crippen LogP contribution < -0.4 is 10.0 Å². The molecule has 2 amide bonds. The van der Waals surface area contributed by atoms with Crippen molar-refractivity contribution in [2.24, 2.45) is 5.41 Å². The van der Waals surface area contributed by atoms with Gasteiger partial charge >= 0.3 is 0 Å². The molecule has 9 heteroatoms. The van der Waals surface area contributed by atoms with E-state index >= 15 is 0 Å². The van der Waals surface area contributed by atoms with E-state index in [2.05, 4.69) is 14.9 Å². The molecule has 8 nitrogen and oxygen atoms in total. The summed E-state index contributed by atoms with van der Waals surface area (Å²) in [6.45, 7) is 7.85. The molecular formula is C31H38N4O4S. The highest BCUT2D eigenvalue weighted by molar-refractivity contribution is 7.89. The molecule has 2 fully saturated rings. The number of carbonyl (C=O) groups excluding carboxylic acids is 2. The Bertz CT molecular complexity index is 1550. The van der Waals surface area contributed by atoms with Gasteiger partial charge in [-0.15, -0.1) is 0 Å². The van der Waals surface area contributed by atoms with Gasteiger partial charge in [-0.25, -0.2) is 13.1 Å². The van der Waals surface area contributed by atoms with Gasteiger partial charge in [-0.3, -0.25) is 14.5 Å². The fraction of sp³-hybridized carbons (Fsp3) is 0.419. The molecule has 2 aliphatic rings. The van der Waals surface area contributed by atoms with Gasteiger partial charge in [0.2, 0.25) is 15.9 Å². The van der Waals surface area contributed by atoms with Crippen LogP contribution in [-0.4, -0.2) is 68.8 Å². The van der Waals surface area contributed by atoms with Gasteiger partial charge in [0, 0.05) is 41.2 Å². The maximum Gasteiger partial charge on any atom is 0.255 e. The summed E-state index contributed by atoms with van der Waals surface area (Å²) in [5, 5.41) is 4.14. The van der Waals surface area contributed by atoms with Gasteiger partial charge in [0.15, 0.2) is 0 Å². The van der Waals surface area contributed by atoms with Gasteiger partial charge in [-0.2, -0.15) is 0 Å². The lowest BCUT2D eigenvalue weighted by molar-refractivity contribution is -0.139. The van der Waals surface area contributed by atoms with Gasteiger partial charge in [0.25, 0.3) is 5.91 Å². The van der Waals surface area contributed by atoms with Crippen LogP contribution in [0.1, 0.15) is 49.0 Å². The minimum absolute atomic E-state index is 0.0831. The first-order valence-electron chi connectivity index (χ1n) is 13.9. The van der Waals surface area contributed by atoms with Crippen molar-refractivity contribution in [2.75, 3.05) is 32.0 Å². The molecule has 5 rings (SSSR count). The fourth-order valence-corrected chi connectivity index (χ4v) is 7.75. The van der Waals surface area contributed by atoms with E-state index in [1.165, 1.54) is 0 Å². The van der Waals surface area contributed by atoms with E-state index in [1.807, 2.05) is 57.0 Å². The molecule has 0 aliphatic carbocycles. The quantitative estimate of drug-likeness (QED) is 0.464. The van der Waals surface area contributed by atoms with Gasteiger partial charge in [0.1, 0.15) is 0 Å². The number of likely N-dealkylation sites (tertiary alicyclic amines) is 2. The van der Waals surface area contributed by atoms with Crippen molar-refractivity contribution in [2.45, 2.75) is 57.0 Å². The highest BCUT2D eigenvalue weighted by Crippen LogP contribution is 2.34. The Hall–Kier alpha value is -3.27. The van der Waals surface area contributed by atoms with Gasteiger partial charge in [-0.1, -0.05) is 56.3 Å². The Morgan fingerprint density at radius 3 is 2.35 bits per heavy atom. The minimum atomic E-state index is -3.90. The third kappa shape index (κ3) is 5.50. The Morgan fingerprint density at radius 2 is 1.65 bits per heavy atom. The van der Waals surface area contributed by atoms with Crippen LogP contribution in [0.4, 0.5) is 5.69 Å². The maximum absolute atomic E-state index is 13.8. The largest absolute Gasteiger partial charge is 0.341 e. The molecule has 2 heterocycles. The lowest BCUT2D eigenvalue weighted by atomic mass is 9.79. The standard InChI is InChI=1S/C31H38N4O4S/c1-21-10-5-6-11-22(21)29(36)32-25-14-7-13-24-23(25)12-8-16-27(24)40(38,39)33-28-17-19-35(20-31(28,2)3)30(37)26-15-9-18-34(26)4/h5-8,10-14,16,26,28,33H,9,15,17-20H2,1-4H3,(H,32,36)/t26-,28?/m0/s1. The number of fused-ring (bicyclic) bond motifs is 1. The van der Waals surface area contributed by atoms with E-state index < -0.39 is 15.4 Å². The van der Waals surface area contributed by atoms with E-state index in [0.29, 0.717) is 41.5 Å². The van der Waals surface area contributed by atoms with E-state index in [4.69, 9.17) is 0 Å². The molecule has 0 radical (unpaired) electrons. The minimum Gasteiger partial charge on any atom is -0.341 e. The molecule has 3 aromatic rings. The number of hydrogen-bond acceptors (Lipinski definition) is 5. The second-order valence-corrected chi connectivity index (χ2v) is 13.5. The zero-order valence-electron chi connectivity index (χ0n) is 23.6. The average molecular weight is 563 g/mol. The van der Waals surface area contributed by atoms with Crippen molar-refractivity contribution in [1.29, 1.82) is 0 Å². The molecular weight excluding hydrogens is 524 g/mol. The number of rotatable bonds is 6. The Kier molecular flexibility index (Phi) is 7.74. The van der Waals surface area contributed by atoms with Crippen molar-refractivity contribution < 1.29 is 18.0 Å². The summed E-state index contributed by atoms with van der Waals surface area (Å²) in [4.78, 5) is 30.4. The maximum atomic E-state index is 13.8. The molecule has 0 saturated carbocycles. The fourth-order valence-electron chi connectivity index (χ4n) is 6.09. The van der Waals surface area contributed by atoms with E-state index in [0.717, 1.165) is 24.9 Å². The molecule has 2 atom stereocenters. The monoisotopic (exact) mass is 562 g/mol. The van der Waals surface area contributed by atoms with Gasteiger partial charge in [-0.05, 0) is 69.0 Å². The number of sulfonamides is 1. The Labute approximate surface area is 236 Å². The second kappa shape index (κ2) is 11.0. The third-order valence-corrected chi connectivity index (χ3v) is 9.98. The van der Waals surface area contributed by atoms with Crippen LogP contribution in [0.2, 0.25) is 0 Å². The Morgan fingerprint density at radius 1 is 0.925 bits per heavy atom. The first kappa shape index (κ1) is 28.3. The molecule has 40 heavy (non-hydrogen) atoms. The SMILES string of the molecule is Cc1ccccc1C(=O)Nc1cccc2c(S(=O)(=O)NC3CCN(C(=O)[C@@H]4CCCN4C)CC3(C)C)cccc12. The van der Waals surface area contributed by atoms with E-state index in [9.17, 15) is 18.0 Å². The summed E-state index contributed by atoms with van der Waals surface area (Å²) in [6, 6.07) is 17.3. The van der Waals surface area contributed by atoms with E-state index in [-0.39, 0.29) is 28.8 Å². The molecule has 0 bridgehead atoms. The molecule has 0 aromatic heterocycles. The second-order valence-electron chi connectivity index (χ2n) is 11.8. The summed E-state index contributed by atoms with van der Waals surface area (Å²) >= 11 is 0. The summed E-state index contributed by atoms with van der Waals surface area (Å²) in [7, 11) is -1.91. The number of likely N-dealkylation sites (N-methyl/N-ethyl adjacent to an activating group) is 1. The van der Waals surface area contributed by atoms with Crippen molar-refractivity contribution in [3.8, 4) is 0 Å². The normalized spacial score (nSPS) is 21.4. The van der Waals surface area contributed by atoms with Crippen LogP contribution in [0.25, 0.3) is 10.8 Å². The molecule has 2 aliphatic heterocycles. The number of piperidine rings is 1. The molecule has 3 aromatic carbocycles. The predicted molar refractivity (Wildman–Crippen MR) is 158 cm³/mol. The topological polar surface area (TPSA) is 98.8 Å². The third-order valence-electron chi connectivity index (χ3n) is 8.45. The van der Waals surface area contributed by atoms with Gasteiger partial charge in [0.05, 0.1) is 10.9 Å². The molecule has 2 N–H and O–H groups in total. The Balaban J connectivity index is 1.36. The molecule has 1 unspecified atom stereocenters. The van der Waals surface area contributed by atoms with Gasteiger partial charge < -0.3 is 10.2 Å². The van der Waals surface area contributed by atoms with Crippen LogP contribution in [0.15, 0.2) is 65.6 Å². The van der Waals surface area contributed by atoms with Crippen molar-refractivity contribution in [3.05, 3.63) is 71.8 Å². The zero-order chi connectivity index (χ0) is 28.7. The van der Waals surface area contributed by atoms with Crippen LogP contribution in [-0.2, 0) is 14.8 Å². The summed E-state index contributed by atoms with van der Waals surface area (Å²) in [5.41, 5.74) is 1.52. The highest BCUT2D eigenvalue weighted by Gasteiger charge is 2.42. The van der Waals surface area contributed by atoms with Crippen LogP contribution in [0, 0.1) is 12.3 Å².